The first-order chi connectivity index (χ1) is 8.63. The standard InChI is InChI=1S/C15H30N2O/c1-12(9-10-16)7-8-15(18)17-11-14-6-4-3-5-13(14)2/h12-14H,3-11,16H2,1-2H3,(H,17,18). The first-order valence-electron chi connectivity index (χ1n) is 7.60. The Balaban J connectivity index is 2.12. The van der Waals surface area contributed by atoms with Crippen LogP contribution >= 0.6 is 0 Å². The molecule has 1 amide bonds. The SMILES string of the molecule is CC(CCN)CCC(=O)NCC1CCCCC1C. The summed E-state index contributed by atoms with van der Waals surface area (Å²) in [5.74, 6) is 2.25. The van der Waals surface area contributed by atoms with Crippen LogP contribution in [0.25, 0.3) is 0 Å². The van der Waals surface area contributed by atoms with Gasteiger partial charge in [-0.15, -0.1) is 0 Å². The third-order valence-corrected chi connectivity index (χ3v) is 4.37. The quantitative estimate of drug-likeness (QED) is 0.734. The van der Waals surface area contributed by atoms with Crippen molar-refractivity contribution in [1.82, 2.24) is 5.32 Å². The van der Waals surface area contributed by atoms with Crippen LogP contribution in [0.4, 0.5) is 0 Å². The Bertz CT molecular complexity index is 243. The second kappa shape index (κ2) is 8.52. The van der Waals surface area contributed by atoms with E-state index >= 15 is 0 Å². The van der Waals surface area contributed by atoms with E-state index in [4.69, 9.17) is 5.73 Å². The fourth-order valence-corrected chi connectivity index (χ4v) is 2.84. The minimum Gasteiger partial charge on any atom is -0.356 e. The molecule has 3 N–H and O–H groups in total. The van der Waals surface area contributed by atoms with E-state index in [2.05, 4.69) is 19.2 Å². The highest BCUT2D eigenvalue weighted by molar-refractivity contribution is 5.75. The van der Waals surface area contributed by atoms with Gasteiger partial charge in [0.1, 0.15) is 0 Å². The van der Waals surface area contributed by atoms with Crippen LogP contribution in [-0.2, 0) is 4.79 Å². The summed E-state index contributed by atoms with van der Waals surface area (Å²) in [6, 6.07) is 0. The van der Waals surface area contributed by atoms with Crippen molar-refractivity contribution in [3.8, 4) is 0 Å². The van der Waals surface area contributed by atoms with Crippen molar-refractivity contribution in [3.05, 3.63) is 0 Å². The number of carbonyl (C=O) groups is 1. The molecule has 1 aliphatic carbocycles. The van der Waals surface area contributed by atoms with Gasteiger partial charge >= 0.3 is 0 Å². The zero-order chi connectivity index (χ0) is 13.4. The molecule has 1 rings (SSSR count). The Hall–Kier alpha value is -0.570. The molecule has 1 fully saturated rings. The van der Waals surface area contributed by atoms with Gasteiger partial charge in [-0.05, 0) is 43.6 Å². The van der Waals surface area contributed by atoms with E-state index in [0.29, 0.717) is 18.3 Å². The maximum Gasteiger partial charge on any atom is 0.220 e. The fourth-order valence-electron chi connectivity index (χ4n) is 2.84. The Kier molecular flexibility index (Phi) is 7.33. The Morgan fingerprint density at radius 2 is 2.06 bits per heavy atom. The monoisotopic (exact) mass is 254 g/mol. The van der Waals surface area contributed by atoms with Crippen molar-refractivity contribution >= 4 is 5.91 Å². The molecule has 0 aliphatic heterocycles. The van der Waals surface area contributed by atoms with E-state index in [-0.39, 0.29) is 5.91 Å². The van der Waals surface area contributed by atoms with E-state index in [1.54, 1.807) is 0 Å². The van der Waals surface area contributed by atoms with E-state index in [1.165, 1.54) is 25.7 Å². The molecular formula is C15H30N2O. The molecule has 3 heteroatoms. The number of nitrogens with one attached hydrogen (secondary N) is 1. The number of rotatable bonds is 7. The second-order valence-corrected chi connectivity index (χ2v) is 6.05. The lowest BCUT2D eigenvalue weighted by molar-refractivity contribution is -0.121. The van der Waals surface area contributed by atoms with Crippen LogP contribution in [0.15, 0.2) is 0 Å². The maximum absolute atomic E-state index is 11.8. The van der Waals surface area contributed by atoms with Crippen LogP contribution in [0.5, 0.6) is 0 Å². The molecule has 0 saturated heterocycles. The van der Waals surface area contributed by atoms with Crippen LogP contribution in [0.2, 0.25) is 0 Å². The number of nitrogens with two attached hydrogens (primary N) is 1. The highest BCUT2D eigenvalue weighted by atomic mass is 16.1. The summed E-state index contributed by atoms with van der Waals surface area (Å²) in [6.07, 6.45) is 7.94. The minimum atomic E-state index is 0.219. The maximum atomic E-state index is 11.8. The summed E-state index contributed by atoms with van der Waals surface area (Å²) >= 11 is 0. The lowest BCUT2D eigenvalue weighted by Gasteiger charge is -2.28. The fraction of sp³-hybridized carbons (Fsp3) is 0.933. The van der Waals surface area contributed by atoms with Crippen molar-refractivity contribution in [3.63, 3.8) is 0 Å². The third-order valence-electron chi connectivity index (χ3n) is 4.37. The van der Waals surface area contributed by atoms with Gasteiger partial charge in [-0.3, -0.25) is 4.79 Å². The highest BCUT2D eigenvalue weighted by Gasteiger charge is 2.21. The second-order valence-electron chi connectivity index (χ2n) is 6.05. The summed E-state index contributed by atoms with van der Waals surface area (Å²) in [6.45, 7) is 6.09. The first kappa shape index (κ1) is 15.5. The highest BCUT2D eigenvalue weighted by Crippen LogP contribution is 2.28. The van der Waals surface area contributed by atoms with Gasteiger partial charge in [0.15, 0.2) is 0 Å². The van der Waals surface area contributed by atoms with Gasteiger partial charge in [0.2, 0.25) is 5.91 Å². The summed E-state index contributed by atoms with van der Waals surface area (Å²) in [4.78, 5) is 11.8. The molecule has 0 aromatic heterocycles. The van der Waals surface area contributed by atoms with Crippen molar-refractivity contribution in [2.24, 2.45) is 23.5 Å². The molecular weight excluding hydrogens is 224 g/mol. The number of amides is 1. The van der Waals surface area contributed by atoms with Gasteiger partial charge in [0.25, 0.3) is 0 Å². The molecule has 0 aromatic rings. The van der Waals surface area contributed by atoms with Gasteiger partial charge < -0.3 is 11.1 Å². The smallest absolute Gasteiger partial charge is 0.220 e. The predicted octanol–water partition coefficient (Wildman–Crippen LogP) is 2.69. The average molecular weight is 254 g/mol. The molecule has 18 heavy (non-hydrogen) atoms. The minimum absolute atomic E-state index is 0.219. The summed E-state index contributed by atoms with van der Waals surface area (Å²) in [5, 5.41) is 3.11. The van der Waals surface area contributed by atoms with Crippen LogP contribution in [0.3, 0.4) is 0 Å². The number of carbonyl (C=O) groups excluding carboxylic acids is 1. The largest absolute Gasteiger partial charge is 0.356 e. The molecule has 0 aromatic carbocycles. The molecule has 106 valence electrons. The summed E-state index contributed by atoms with van der Waals surface area (Å²) in [7, 11) is 0. The van der Waals surface area contributed by atoms with Crippen LogP contribution in [0.1, 0.15) is 58.8 Å². The molecule has 3 atom stereocenters. The zero-order valence-electron chi connectivity index (χ0n) is 12.1. The van der Waals surface area contributed by atoms with Gasteiger partial charge in [-0.2, -0.15) is 0 Å². The van der Waals surface area contributed by atoms with Crippen LogP contribution < -0.4 is 11.1 Å². The van der Waals surface area contributed by atoms with Gasteiger partial charge in [-0.25, -0.2) is 0 Å². The molecule has 3 nitrogen and oxygen atoms in total. The van der Waals surface area contributed by atoms with Gasteiger partial charge in [0, 0.05) is 13.0 Å². The number of hydrogen-bond acceptors (Lipinski definition) is 2. The average Bonchev–Trinajstić information content (AvgIpc) is 2.36. The van der Waals surface area contributed by atoms with E-state index in [1.807, 2.05) is 0 Å². The lowest BCUT2D eigenvalue weighted by atomic mass is 9.80. The van der Waals surface area contributed by atoms with Crippen molar-refractivity contribution in [1.29, 1.82) is 0 Å². The predicted molar refractivity (Wildman–Crippen MR) is 76.2 cm³/mol. The molecule has 1 saturated carbocycles. The molecule has 0 heterocycles. The number of hydrogen-bond donors (Lipinski definition) is 2. The molecule has 0 spiro atoms. The third kappa shape index (κ3) is 5.85. The van der Waals surface area contributed by atoms with Crippen molar-refractivity contribution < 1.29 is 4.79 Å². The van der Waals surface area contributed by atoms with Crippen LogP contribution in [-0.4, -0.2) is 19.0 Å². The molecule has 0 radical (unpaired) electrons. The van der Waals surface area contributed by atoms with E-state index < -0.39 is 0 Å². The van der Waals surface area contributed by atoms with E-state index in [0.717, 1.165) is 31.8 Å². The summed E-state index contributed by atoms with van der Waals surface area (Å²) in [5.41, 5.74) is 5.51. The van der Waals surface area contributed by atoms with E-state index in [9.17, 15) is 4.79 Å². The van der Waals surface area contributed by atoms with Crippen molar-refractivity contribution in [2.75, 3.05) is 13.1 Å². The Morgan fingerprint density at radius 1 is 1.33 bits per heavy atom. The topological polar surface area (TPSA) is 55.1 Å². The molecule has 1 aliphatic rings. The van der Waals surface area contributed by atoms with Crippen LogP contribution in [0, 0.1) is 17.8 Å². The summed E-state index contributed by atoms with van der Waals surface area (Å²) < 4.78 is 0. The molecule has 0 bridgehead atoms. The Morgan fingerprint density at radius 3 is 2.72 bits per heavy atom. The Labute approximate surface area is 112 Å². The van der Waals surface area contributed by atoms with Gasteiger partial charge in [-0.1, -0.05) is 33.1 Å². The molecule has 3 unspecified atom stereocenters. The van der Waals surface area contributed by atoms with Crippen molar-refractivity contribution in [2.45, 2.75) is 58.8 Å². The normalized spacial score (nSPS) is 25.7. The zero-order valence-corrected chi connectivity index (χ0v) is 12.1. The first-order valence-corrected chi connectivity index (χ1v) is 7.60. The van der Waals surface area contributed by atoms with Gasteiger partial charge in [0.05, 0.1) is 0 Å². The lowest BCUT2D eigenvalue weighted by Crippen LogP contribution is -2.33.